The molecule has 0 saturated carbocycles. The molecular weight excluding hydrogens is 387 g/mol. The minimum absolute atomic E-state index is 0.130. The Hall–Kier alpha value is -2.64. The molecule has 8 heteroatoms. The number of ether oxygens (including phenoxy) is 1. The van der Waals surface area contributed by atoms with E-state index in [-0.39, 0.29) is 11.2 Å². The minimum Gasteiger partial charge on any atom is -0.494 e. The van der Waals surface area contributed by atoms with Crippen LogP contribution in [-0.4, -0.2) is 16.5 Å². The topological polar surface area (TPSA) is 62.4 Å². The molecule has 27 heavy (non-hydrogen) atoms. The largest absolute Gasteiger partial charge is 0.494 e. The van der Waals surface area contributed by atoms with Crippen LogP contribution in [0.15, 0.2) is 53.5 Å². The second-order valence-electron chi connectivity index (χ2n) is 5.64. The Kier molecular flexibility index (Phi) is 5.93. The number of nitrogens with one attached hydrogen (secondary N) is 2. The smallest absolute Gasteiger partial charge is 0.223 e. The Morgan fingerprint density at radius 1 is 1.26 bits per heavy atom. The van der Waals surface area contributed by atoms with Crippen molar-refractivity contribution in [1.82, 2.24) is 3.96 Å². The Bertz CT molecular complexity index is 1030. The van der Waals surface area contributed by atoms with Gasteiger partial charge in [0.2, 0.25) is 5.96 Å². The lowest BCUT2D eigenvalue weighted by Crippen LogP contribution is -2.28. The van der Waals surface area contributed by atoms with E-state index < -0.39 is 5.82 Å². The molecule has 1 aromatic heterocycles. The molecule has 0 spiro atoms. The Morgan fingerprint density at radius 3 is 2.59 bits per heavy atom. The van der Waals surface area contributed by atoms with Crippen LogP contribution in [0.25, 0.3) is 0 Å². The highest BCUT2D eigenvalue weighted by Gasteiger charge is 2.10. The first kappa shape index (κ1) is 19.1. The molecule has 0 aliphatic rings. The van der Waals surface area contributed by atoms with Gasteiger partial charge in [-0.25, -0.2) is 13.3 Å². The van der Waals surface area contributed by atoms with E-state index in [1.165, 1.54) is 23.7 Å². The molecule has 0 saturated heterocycles. The van der Waals surface area contributed by atoms with Crippen molar-refractivity contribution in [2.75, 3.05) is 11.9 Å². The predicted molar refractivity (Wildman–Crippen MR) is 108 cm³/mol. The molecule has 0 aliphatic heterocycles. The third kappa shape index (κ3) is 4.75. The average molecular weight is 405 g/mol. The predicted octanol–water partition coefficient (Wildman–Crippen LogP) is 5.18. The van der Waals surface area contributed by atoms with E-state index >= 15 is 0 Å². The minimum atomic E-state index is -0.533. The number of benzene rings is 2. The van der Waals surface area contributed by atoms with Gasteiger partial charge in [-0.1, -0.05) is 23.1 Å². The zero-order valence-corrected chi connectivity index (χ0v) is 16.4. The number of aliphatic imine (C=N–C) groups is 1. The van der Waals surface area contributed by atoms with E-state index in [1.54, 1.807) is 16.1 Å². The summed E-state index contributed by atoms with van der Waals surface area (Å²) in [5.74, 6) is 0.545. The summed E-state index contributed by atoms with van der Waals surface area (Å²) in [7, 11) is 0. The fourth-order valence-corrected chi connectivity index (χ4v) is 3.30. The molecule has 5 nitrogen and oxygen atoms in total. The van der Waals surface area contributed by atoms with Gasteiger partial charge in [0.05, 0.1) is 6.61 Å². The zero-order chi connectivity index (χ0) is 19.4. The molecule has 0 unspecified atom stereocenters. The molecule has 2 aromatic carbocycles. The molecule has 2 N–H and O–H groups in total. The van der Waals surface area contributed by atoms with E-state index in [4.69, 9.17) is 21.7 Å². The van der Waals surface area contributed by atoms with E-state index in [2.05, 4.69) is 10.3 Å². The lowest BCUT2D eigenvalue weighted by atomic mass is 10.3. The number of hydrogen-bond donors (Lipinski definition) is 2. The molecule has 3 rings (SSSR count). The fraction of sp³-hybridized carbons (Fsp3) is 0.158. The van der Waals surface area contributed by atoms with Crippen LogP contribution in [0, 0.1) is 18.2 Å². The van der Waals surface area contributed by atoms with Gasteiger partial charge >= 0.3 is 0 Å². The van der Waals surface area contributed by atoms with Crippen LogP contribution >= 0.6 is 23.1 Å². The maximum atomic E-state index is 14.2. The molecule has 0 aliphatic carbocycles. The van der Waals surface area contributed by atoms with Crippen LogP contribution in [0.2, 0.25) is 5.02 Å². The lowest BCUT2D eigenvalue weighted by molar-refractivity contribution is 0.340. The van der Waals surface area contributed by atoms with E-state index in [1.807, 2.05) is 38.1 Å². The van der Waals surface area contributed by atoms with Gasteiger partial charge in [-0.05, 0) is 62.4 Å². The van der Waals surface area contributed by atoms with Crippen LogP contribution in [0.1, 0.15) is 11.8 Å². The van der Waals surface area contributed by atoms with Crippen molar-refractivity contribution in [2.24, 2.45) is 4.99 Å². The number of aromatic nitrogens is 1. The van der Waals surface area contributed by atoms with Crippen molar-refractivity contribution < 1.29 is 9.13 Å². The maximum Gasteiger partial charge on any atom is 0.223 e. The summed E-state index contributed by atoms with van der Waals surface area (Å²) >= 11 is 7.16. The monoisotopic (exact) mass is 404 g/mol. The molecular formula is C19H18ClFN4OS. The molecule has 140 valence electrons. The van der Waals surface area contributed by atoms with Gasteiger partial charge in [-0.2, -0.15) is 0 Å². The summed E-state index contributed by atoms with van der Waals surface area (Å²) in [5, 5.41) is 11.6. The number of aryl methyl sites for hydroxylation is 1. The second kappa shape index (κ2) is 8.37. The molecule has 0 amide bonds. The highest BCUT2D eigenvalue weighted by molar-refractivity contribution is 7.07. The van der Waals surface area contributed by atoms with Gasteiger partial charge < -0.3 is 10.1 Å². The Labute approximate surface area is 165 Å². The van der Waals surface area contributed by atoms with Crippen molar-refractivity contribution in [3.63, 3.8) is 0 Å². The van der Waals surface area contributed by atoms with Crippen LogP contribution < -0.4 is 15.5 Å². The zero-order valence-electron chi connectivity index (χ0n) is 14.8. The summed E-state index contributed by atoms with van der Waals surface area (Å²) in [6.07, 6.45) is 0. The quantitative estimate of drug-likeness (QED) is 0.465. The Morgan fingerprint density at radius 2 is 2.00 bits per heavy atom. The van der Waals surface area contributed by atoms with Gasteiger partial charge in [-0.15, -0.1) is 0 Å². The maximum absolute atomic E-state index is 14.2. The summed E-state index contributed by atoms with van der Waals surface area (Å²) < 4.78 is 21.3. The third-order valence-electron chi connectivity index (χ3n) is 3.54. The van der Waals surface area contributed by atoms with Gasteiger partial charge in [0, 0.05) is 15.6 Å². The van der Waals surface area contributed by atoms with Crippen molar-refractivity contribution in [3.05, 3.63) is 69.7 Å². The summed E-state index contributed by atoms with van der Waals surface area (Å²) in [4.78, 5) is 5.33. The normalized spacial score (nSPS) is 11.5. The number of rotatable bonds is 4. The summed E-state index contributed by atoms with van der Waals surface area (Å²) in [5.41, 5.74) is 1.12. The molecule has 1 heterocycles. The van der Waals surface area contributed by atoms with E-state index in [9.17, 15) is 4.39 Å². The SMILES string of the molecule is CCOc1ccc(NC(=Nc2ccc(Cl)cc2F)n2sc(C)cc2=N)cc1. The summed E-state index contributed by atoms with van der Waals surface area (Å²) in [6.45, 7) is 4.40. The Balaban J connectivity index is 2.01. The molecule has 0 fully saturated rings. The van der Waals surface area contributed by atoms with Gasteiger partial charge in [0.15, 0.2) is 0 Å². The molecule has 0 atom stereocenters. The van der Waals surface area contributed by atoms with Crippen LogP contribution in [0.5, 0.6) is 5.75 Å². The van der Waals surface area contributed by atoms with Gasteiger partial charge in [0.1, 0.15) is 22.7 Å². The standard InChI is InChI=1S/C19H18ClFN4OS/c1-3-26-15-7-5-14(6-8-15)23-19(25-18(22)10-12(2)27-25)24-17-9-4-13(20)11-16(17)21/h4-11,22H,3H2,1-2H3,(H,23,24). The van der Waals surface area contributed by atoms with Gasteiger partial charge in [0.25, 0.3) is 0 Å². The van der Waals surface area contributed by atoms with E-state index in [0.717, 1.165) is 16.3 Å². The second-order valence-corrected chi connectivity index (χ2v) is 7.27. The molecule has 0 bridgehead atoms. The third-order valence-corrected chi connectivity index (χ3v) is 4.74. The first-order valence-corrected chi connectivity index (χ1v) is 9.40. The van der Waals surface area contributed by atoms with Crippen molar-refractivity contribution >= 4 is 40.5 Å². The van der Waals surface area contributed by atoms with Crippen LogP contribution in [0.3, 0.4) is 0 Å². The van der Waals surface area contributed by atoms with Crippen molar-refractivity contribution in [3.8, 4) is 5.75 Å². The lowest BCUT2D eigenvalue weighted by Gasteiger charge is -2.12. The van der Waals surface area contributed by atoms with Crippen LogP contribution in [0.4, 0.5) is 15.8 Å². The van der Waals surface area contributed by atoms with Crippen molar-refractivity contribution in [1.29, 1.82) is 5.41 Å². The number of nitrogens with zero attached hydrogens (tertiary/aromatic N) is 2. The van der Waals surface area contributed by atoms with Crippen molar-refractivity contribution in [2.45, 2.75) is 13.8 Å². The average Bonchev–Trinajstić information content (AvgIpc) is 2.96. The fourth-order valence-electron chi connectivity index (χ4n) is 2.37. The first-order chi connectivity index (χ1) is 13.0. The highest BCUT2D eigenvalue weighted by atomic mass is 35.5. The number of anilines is 1. The molecule has 3 aromatic rings. The summed E-state index contributed by atoms with van der Waals surface area (Å²) in [6, 6.07) is 13.3. The highest BCUT2D eigenvalue weighted by Crippen LogP contribution is 2.23. The van der Waals surface area contributed by atoms with Gasteiger partial charge in [-0.3, -0.25) is 5.41 Å². The molecule has 0 radical (unpaired) electrons. The number of halogens is 2. The van der Waals surface area contributed by atoms with Crippen LogP contribution in [-0.2, 0) is 0 Å². The first-order valence-electron chi connectivity index (χ1n) is 8.25. The number of hydrogen-bond acceptors (Lipinski definition) is 4. The van der Waals surface area contributed by atoms with E-state index in [0.29, 0.717) is 17.6 Å².